The summed E-state index contributed by atoms with van der Waals surface area (Å²) >= 11 is 7.20. The van der Waals surface area contributed by atoms with Crippen LogP contribution in [0.15, 0.2) is 29.6 Å². The summed E-state index contributed by atoms with van der Waals surface area (Å²) in [6.07, 6.45) is 2.11. The first-order valence-corrected chi connectivity index (χ1v) is 13.7. The van der Waals surface area contributed by atoms with Crippen molar-refractivity contribution >= 4 is 45.6 Å². The molecule has 0 radical (unpaired) electrons. The second-order valence-electron chi connectivity index (χ2n) is 9.59. The minimum absolute atomic E-state index is 0.115. The lowest BCUT2D eigenvalue weighted by molar-refractivity contribution is 0.0742. The number of nitrogens with two attached hydrogens (primary N) is 1. The molecule has 2 amide bonds. The maximum Gasteiger partial charge on any atom is 0.264 e. The minimum atomic E-state index is -1.31. The first kappa shape index (κ1) is 25.3. The Labute approximate surface area is 211 Å². The SMILES string of the molecule is CC(C)(C(N)CO)S(=O)C1(CN2CCc3c(C(=O)NCc4ccc(Cl)cc4)csc3C2=O)CC1. The topological polar surface area (TPSA) is 113 Å². The molecule has 4 rings (SSSR count). The van der Waals surface area contributed by atoms with Crippen molar-refractivity contribution in [3.8, 4) is 0 Å². The van der Waals surface area contributed by atoms with Gasteiger partial charge in [-0.2, -0.15) is 0 Å². The van der Waals surface area contributed by atoms with Crippen molar-refractivity contribution in [2.24, 2.45) is 5.73 Å². The lowest BCUT2D eigenvalue weighted by Crippen LogP contribution is -2.54. The van der Waals surface area contributed by atoms with E-state index in [-0.39, 0.29) is 18.4 Å². The van der Waals surface area contributed by atoms with E-state index in [9.17, 15) is 18.9 Å². The average molecular weight is 524 g/mol. The van der Waals surface area contributed by atoms with Gasteiger partial charge in [-0.25, -0.2) is 0 Å². The Morgan fingerprint density at radius 1 is 1.35 bits per heavy atom. The number of aliphatic hydroxyl groups excluding tert-OH is 1. The van der Waals surface area contributed by atoms with Crippen molar-refractivity contribution in [3.05, 3.63) is 56.2 Å². The molecule has 1 fully saturated rings. The number of halogens is 1. The molecule has 1 aromatic carbocycles. The third-order valence-corrected chi connectivity index (χ3v) is 10.7. The molecule has 2 aliphatic rings. The highest BCUT2D eigenvalue weighted by Crippen LogP contribution is 2.47. The van der Waals surface area contributed by atoms with E-state index in [4.69, 9.17) is 17.3 Å². The van der Waals surface area contributed by atoms with Crippen LogP contribution in [0.2, 0.25) is 5.02 Å². The summed E-state index contributed by atoms with van der Waals surface area (Å²) in [4.78, 5) is 28.4. The fourth-order valence-corrected chi connectivity index (χ4v) is 7.73. The van der Waals surface area contributed by atoms with Crippen molar-refractivity contribution in [1.29, 1.82) is 0 Å². The van der Waals surface area contributed by atoms with Crippen LogP contribution in [-0.4, -0.2) is 61.3 Å². The predicted molar refractivity (Wildman–Crippen MR) is 136 cm³/mol. The van der Waals surface area contributed by atoms with Gasteiger partial charge in [0.2, 0.25) is 0 Å². The molecule has 1 saturated carbocycles. The van der Waals surface area contributed by atoms with Gasteiger partial charge >= 0.3 is 0 Å². The van der Waals surface area contributed by atoms with E-state index in [1.54, 1.807) is 22.4 Å². The molecule has 1 aromatic heterocycles. The van der Waals surface area contributed by atoms with Crippen LogP contribution in [0.4, 0.5) is 0 Å². The van der Waals surface area contributed by atoms with Crippen LogP contribution in [0, 0.1) is 0 Å². The van der Waals surface area contributed by atoms with Crippen LogP contribution in [0.25, 0.3) is 0 Å². The zero-order chi connectivity index (χ0) is 24.7. The third kappa shape index (κ3) is 4.81. The van der Waals surface area contributed by atoms with Crippen molar-refractivity contribution in [1.82, 2.24) is 10.2 Å². The van der Waals surface area contributed by atoms with Crippen LogP contribution in [-0.2, 0) is 23.8 Å². The van der Waals surface area contributed by atoms with Crippen LogP contribution in [0.5, 0.6) is 0 Å². The third-order valence-electron chi connectivity index (χ3n) is 6.87. The van der Waals surface area contributed by atoms with Gasteiger partial charge in [0, 0.05) is 46.9 Å². The maximum absolute atomic E-state index is 13.4. The zero-order valence-corrected chi connectivity index (χ0v) is 21.7. The molecular weight excluding hydrogens is 494 g/mol. The largest absolute Gasteiger partial charge is 0.395 e. The molecule has 2 aromatic rings. The number of hydrogen-bond acceptors (Lipinski definition) is 6. The number of rotatable bonds is 9. The lowest BCUT2D eigenvalue weighted by atomic mass is 10.0. The Hall–Kier alpha value is -1.78. The summed E-state index contributed by atoms with van der Waals surface area (Å²) in [6, 6.07) is 6.68. The van der Waals surface area contributed by atoms with Crippen LogP contribution < -0.4 is 11.1 Å². The summed E-state index contributed by atoms with van der Waals surface area (Å²) < 4.78 is 12.2. The Morgan fingerprint density at radius 3 is 2.65 bits per heavy atom. The van der Waals surface area contributed by atoms with Gasteiger partial charge in [0.15, 0.2) is 0 Å². The number of hydrogen-bond donors (Lipinski definition) is 3. The quantitative estimate of drug-likeness (QED) is 0.468. The van der Waals surface area contributed by atoms with Crippen LogP contribution in [0.1, 0.15) is 57.8 Å². The summed E-state index contributed by atoms with van der Waals surface area (Å²) in [5.41, 5.74) is 8.30. The molecule has 4 N–H and O–H groups in total. The summed E-state index contributed by atoms with van der Waals surface area (Å²) in [6.45, 7) is 4.64. The Bertz CT molecular complexity index is 1110. The van der Waals surface area contributed by atoms with E-state index in [0.29, 0.717) is 41.5 Å². The van der Waals surface area contributed by atoms with Gasteiger partial charge < -0.3 is 21.1 Å². The van der Waals surface area contributed by atoms with E-state index in [1.165, 1.54) is 11.3 Å². The Balaban J connectivity index is 1.43. The molecule has 0 bridgehead atoms. The van der Waals surface area contributed by atoms with Gasteiger partial charge in [-0.05, 0) is 56.4 Å². The Kier molecular flexibility index (Phi) is 7.22. The fourth-order valence-electron chi connectivity index (χ4n) is 4.33. The van der Waals surface area contributed by atoms with E-state index in [2.05, 4.69) is 5.32 Å². The van der Waals surface area contributed by atoms with Gasteiger partial charge in [0.05, 0.1) is 26.5 Å². The first-order chi connectivity index (χ1) is 16.1. The molecule has 1 aliphatic heterocycles. The smallest absolute Gasteiger partial charge is 0.264 e. The number of aliphatic hydroxyl groups is 1. The van der Waals surface area contributed by atoms with Gasteiger partial charge in [0.1, 0.15) is 0 Å². The second-order valence-corrected chi connectivity index (χ2v) is 13.4. The highest BCUT2D eigenvalue weighted by Gasteiger charge is 2.56. The number of nitrogens with one attached hydrogen (secondary N) is 1. The highest BCUT2D eigenvalue weighted by molar-refractivity contribution is 7.88. The molecule has 2 heterocycles. The molecule has 7 nitrogen and oxygen atoms in total. The monoisotopic (exact) mass is 523 g/mol. The molecule has 0 saturated heterocycles. The predicted octanol–water partition coefficient (Wildman–Crippen LogP) is 2.71. The summed E-state index contributed by atoms with van der Waals surface area (Å²) in [5.74, 6) is -0.316. The molecule has 34 heavy (non-hydrogen) atoms. The van der Waals surface area contributed by atoms with Crippen molar-refractivity contribution in [2.45, 2.75) is 55.2 Å². The van der Waals surface area contributed by atoms with Gasteiger partial charge in [-0.15, -0.1) is 11.3 Å². The number of carbonyl (C=O) groups is 2. The first-order valence-electron chi connectivity index (χ1n) is 11.3. The number of nitrogens with zero attached hydrogens (tertiary/aromatic N) is 1. The van der Waals surface area contributed by atoms with E-state index < -0.39 is 26.3 Å². The normalized spacial score (nSPS) is 18.9. The summed E-state index contributed by atoms with van der Waals surface area (Å²) in [5, 5.41) is 14.8. The Morgan fingerprint density at radius 2 is 2.03 bits per heavy atom. The van der Waals surface area contributed by atoms with Crippen LogP contribution >= 0.6 is 22.9 Å². The molecule has 2 atom stereocenters. The molecule has 184 valence electrons. The summed E-state index contributed by atoms with van der Waals surface area (Å²) in [7, 11) is -1.31. The number of thiophene rings is 1. The molecular formula is C24H30ClN3O4S2. The average Bonchev–Trinajstić information content (AvgIpc) is 3.47. The molecule has 0 spiro atoms. The maximum atomic E-state index is 13.4. The number of fused-ring (bicyclic) bond motifs is 1. The highest BCUT2D eigenvalue weighted by atomic mass is 35.5. The van der Waals surface area contributed by atoms with E-state index in [1.807, 2.05) is 26.0 Å². The van der Waals surface area contributed by atoms with Crippen molar-refractivity contribution in [2.75, 3.05) is 19.7 Å². The molecule has 2 unspecified atom stereocenters. The number of carbonyl (C=O) groups excluding carboxylic acids is 2. The van der Waals surface area contributed by atoms with Gasteiger partial charge in [-0.1, -0.05) is 23.7 Å². The second kappa shape index (κ2) is 9.70. The van der Waals surface area contributed by atoms with Gasteiger partial charge in [-0.3, -0.25) is 13.8 Å². The van der Waals surface area contributed by atoms with E-state index in [0.717, 1.165) is 24.0 Å². The number of benzene rings is 1. The van der Waals surface area contributed by atoms with Crippen LogP contribution in [0.3, 0.4) is 0 Å². The standard InChI is InChI=1S/C24H30ClN3O4S2/c1-23(2,19(26)12-29)34(32)24(8-9-24)14-28-10-7-17-18(13-33-20(17)22(28)31)21(30)27-11-15-3-5-16(25)6-4-15/h3-6,13,19,29H,7-12,14,26H2,1-2H3,(H,27,30). The molecule has 10 heteroatoms. The van der Waals surface area contributed by atoms with Crippen molar-refractivity contribution in [3.63, 3.8) is 0 Å². The van der Waals surface area contributed by atoms with Gasteiger partial charge in [0.25, 0.3) is 11.8 Å². The van der Waals surface area contributed by atoms with Crippen molar-refractivity contribution < 1.29 is 18.9 Å². The molecule has 1 aliphatic carbocycles. The van der Waals surface area contributed by atoms with E-state index >= 15 is 0 Å². The lowest BCUT2D eigenvalue weighted by Gasteiger charge is -2.36. The zero-order valence-electron chi connectivity index (χ0n) is 19.3. The number of amides is 2. The fraction of sp³-hybridized carbons (Fsp3) is 0.500. The minimum Gasteiger partial charge on any atom is -0.395 e.